The first-order valence-electron chi connectivity index (χ1n) is 6.52. The standard InChI is InChI=1S/C14H17ClN2O2/c1-18-11-2-3-13-12(8-11)16-14(9-15)17(13)10-4-6-19-7-5-10/h2-3,8,10H,4-7,9H2,1H3. The molecule has 1 aromatic carbocycles. The van der Waals surface area contributed by atoms with Crippen molar-refractivity contribution in [3.8, 4) is 5.75 Å². The highest BCUT2D eigenvalue weighted by molar-refractivity contribution is 6.16. The van der Waals surface area contributed by atoms with Crippen molar-refractivity contribution in [2.75, 3.05) is 20.3 Å². The summed E-state index contributed by atoms with van der Waals surface area (Å²) in [4.78, 5) is 4.63. The first-order chi connectivity index (χ1) is 9.33. The molecule has 2 aromatic rings. The van der Waals surface area contributed by atoms with Crippen molar-refractivity contribution < 1.29 is 9.47 Å². The van der Waals surface area contributed by atoms with E-state index in [0.29, 0.717) is 11.9 Å². The summed E-state index contributed by atoms with van der Waals surface area (Å²) < 4.78 is 12.9. The van der Waals surface area contributed by atoms with Gasteiger partial charge < -0.3 is 14.0 Å². The van der Waals surface area contributed by atoms with E-state index in [0.717, 1.165) is 48.7 Å². The van der Waals surface area contributed by atoms with Gasteiger partial charge in [0.15, 0.2) is 0 Å². The molecule has 0 bridgehead atoms. The lowest BCUT2D eigenvalue weighted by molar-refractivity contribution is 0.0700. The zero-order valence-electron chi connectivity index (χ0n) is 10.9. The maximum atomic E-state index is 6.05. The Balaban J connectivity index is 2.09. The van der Waals surface area contributed by atoms with Gasteiger partial charge in [-0.15, -0.1) is 11.6 Å². The minimum absolute atomic E-state index is 0.425. The van der Waals surface area contributed by atoms with Crippen molar-refractivity contribution in [3.63, 3.8) is 0 Å². The lowest BCUT2D eigenvalue weighted by atomic mass is 10.1. The molecule has 1 aromatic heterocycles. The van der Waals surface area contributed by atoms with Crippen LogP contribution in [0.5, 0.6) is 5.75 Å². The van der Waals surface area contributed by atoms with Gasteiger partial charge in [0, 0.05) is 25.3 Å². The van der Waals surface area contributed by atoms with Gasteiger partial charge in [-0.3, -0.25) is 0 Å². The van der Waals surface area contributed by atoms with Crippen LogP contribution in [0.1, 0.15) is 24.7 Å². The van der Waals surface area contributed by atoms with Gasteiger partial charge in [-0.05, 0) is 25.0 Å². The third-order valence-corrected chi connectivity index (χ3v) is 3.88. The largest absolute Gasteiger partial charge is 0.497 e. The fourth-order valence-electron chi connectivity index (χ4n) is 2.70. The second kappa shape index (κ2) is 5.39. The summed E-state index contributed by atoms with van der Waals surface area (Å²) in [7, 11) is 1.67. The molecule has 5 heteroatoms. The number of alkyl halides is 1. The van der Waals surface area contributed by atoms with Crippen LogP contribution in [0.25, 0.3) is 11.0 Å². The Morgan fingerprint density at radius 3 is 2.89 bits per heavy atom. The molecule has 19 heavy (non-hydrogen) atoms. The van der Waals surface area contributed by atoms with Crippen LogP contribution in [0.4, 0.5) is 0 Å². The molecule has 0 radical (unpaired) electrons. The molecule has 2 heterocycles. The number of aromatic nitrogens is 2. The number of imidazole rings is 1. The van der Waals surface area contributed by atoms with E-state index in [9.17, 15) is 0 Å². The minimum Gasteiger partial charge on any atom is -0.497 e. The molecule has 0 spiro atoms. The first kappa shape index (κ1) is 12.8. The Morgan fingerprint density at radius 1 is 1.42 bits per heavy atom. The van der Waals surface area contributed by atoms with Crippen LogP contribution >= 0.6 is 11.6 Å². The van der Waals surface area contributed by atoms with Gasteiger partial charge in [-0.1, -0.05) is 0 Å². The summed E-state index contributed by atoms with van der Waals surface area (Å²) in [6.07, 6.45) is 2.03. The Hall–Kier alpha value is -1.26. The lowest BCUT2D eigenvalue weighted by Crippen LogP contribution is -2.20. The minimum atomic E-state index is 0.425. The molecule has 1 aliphatic rings. The molecule has 0 N–H and O–H groups in total. The monoisotopic (exact) mass is 280 g/mol. The highest BCUT2D eigenvalue weighted by atomic mass is 35.5. The van der Waals surface area contributed by atoms with Gasteiger partial charge in [0.1, 0.15) is 11.6 Å². The lowest BCUT2D eigenvalue weighted by Gasteiger charge is -2.25. The van der Waals surface area contributed by atoms with Gasteiger partial charge in [0.25, 0.3) is 0 Å². The number of nitrogens with zero attached hydrogens (tertiary/aromatic N) is 2. The first-order valence-corrected chi connectivity index (χ1v) is 7.05. The number of halogens is 1. The van der Waals surface area contributed by atoms with E-state index in [1.165, 1.54) is 0 Å². The van der Waals surface area contributed by atoms with Gasteiger partial charge >= 0.3 is 0 Å². The van der Waals surface area contributed by atoms with Crippen molar-refractivity contribution in [1.29, 1.82) is 0 Å². The third-order valence-electron chi connectivity index (χ3n) is 3.65. The van der Waals surface area contributed by atoms with E-state index in [-0.39, 0.29) is 0 Å². The van der Waals surface area contributed by atoms with E-state index >= 15 is 0 Å². The molecular weight excluding hydrogens is 264 g/mol. The highest BCUT2D eigenvalue weighted by Crippen LogP contribution is 2.30. The van der Waals surface area contributed by atoms with Gasteiger partial charge in [-0.25, -0.2) is 4.98 Å². The predicted octanol–water partition coefficient (Wildman–Crippen LogP) is 3.14. The zero-order chi connectivity index (χ0) is 13.2. The Labute approximate surface area is 117 Å². The van der Waals surface area contributed by atoms with E-state index in [4.69, 9.17) is 21.1 Å². The molecule has 1 saturated heterocycles. The molecule has 0 aliphatic carbocycles. The SMILES string of the molecule is COc1ccc2c(c1)nc(CCl)n2C1CCOCC1. The van der Waals surface area contributed by atoms with Crippen molar-refractivity contribution >= 4 is 22.6 Å². The summed E-state index contributed by atoms with van der Waals surface area (Å²) in [5.41, 5.74) is 2.07. The third kappa shape index (κ3) is 2.30. The zero-order valence-corrected chi connectivity index (χ0v) is 11.7. The summed E-state index contributed by atoms with van der Waals surface area (Å²) in [6, 6.07) is 6.42. The van der Waals surface area contributed by atoms with Crippen molar-refractivity contribution in [2.45, 2.75) is 24.8 Å². The second-order valence-corrected chi connectivity index (χ2v) is 5.00. The molecule has 1 fully saturated rings. The molecular formula is C14H17ClN2O2. The second-order valence-electron chi connectivity index (χ2n) is 4.73. The molecule has 0 unspecified atom stereocenters. The maximum Gasteiger partial charge on any atom is 0.125 e. The number of hydrogen-bond donors (Lipinski definition) is 0. The Kier molecular flexibility index (Phi) is 3.62. The fraction of sp³-hybridized carbons (Fsp3) is 0.500. The molecule has 4 nitrogen and oxygen atoms in total. The molecule has 0 atom stereocenters. The maximum absolute atomic E-state index is 6.05. The number of benzene rings is 1. The molecule has 3 rings (SSSR count). The molecule has 1 aliphatic heterocycles. The van der Waals surface area contributed by atoms with Crippen molar-refractivity contribution in [3.05, 3.63) is 24.0 Å². The van der Waals surface area contributed by atoms with Crippen LogP contribution in [-0.2, 0) is 10.6 Å². The van der Waals surface area contributed by atoms with E-state index in [1.54, 1.807) is 7.11 Å². The topological polar surface area (TPSA) is 36.3 Å². The summed E-state index contributed by atoms with van der Waals surface area (Å²) in [5, 5.41) is 0. The highest BCUT2D eigenvalue weighted by Gasteiger charge is 2.21. The average molecular weight is 281 g/mol. The Bertz CT molecular complexity index is 576. The van der Waals surface area contributed by atoms with Crippen LogP contribution in [0.3, 0.4) is 0 Å². The number of fused-ring (bicyclic) bond motifs is 1. The van der Waals surface area contributed by atoms with Crippen molar-refractivity contribution in [2.24, 2.45) is 0 Å². The van der Waals surface area contributed by atoms with Crippen molar-refractivity contribution in [1.82, 2.24) is 9.55 Å². The summed E-state index contributed by atoms with van der Waals surface area (Å²) >= 11 is 6.05. The van der Waals surface area contributed by atoms with Gasteiger partial charge in [0.05, 0.1) is 24.0 Å². The normalized spacial score (nSPS) is 16.9. The van der Waals surface area contributed by atoms with Crippen LogP contribution in [0.2, 0.25) is 0 Å². The average Bonchev–Trinajstić information content (AvgIpc) is 2.85. The van der Waals surface area contributed by atoms with E-state index < -0.39 is 0 Å². The number of rotatable bonds is 3. The number of methoxy groups -OCH3 is 1. The summed E-state index contributed by atoms with van der Waals surface area (Å²) in [5.74, 6) is 2.18. The predicted molar refractivity (Wildman–Crippen MR) is 74.9 cm³/mol. The summed E-state index contributed by atoms with van der Waals surface area (Å²) in [6.45, 7) is 1.62. The van der Waals surface area contributed by atoms with Gasteiger partial charge in [0.2, 0.25) is 0 Å². The van der Waals surface area contributed by atoms with E-state index in [2.05, 4.69) is 15.6 Å². The van der Waals surface area contributed by atoms with Crippen LogP contribution < -0.4 is 4.74 Å². The smallest absolute Gasteiger partial charge is 0.125 e. The quantitative estimate of drug-likeness (QED) is 0.811. The van der Waals surface area contributed by atoms with Crippen LogP contribution in [0, 0.1) is 0 Å². The van der Waals surface area contributed by atoms with E-state index in [1.807, 2.05) is 12.1 Å². The van der Waals surface area contributed by atoms with Crippen LogP contribution in [-0.4, -0.2) is 29.9 Å². The Morgan fingerprint density at radius 2 is 2.21 bits per heavy atom. The van der Waals surface area contributed by atoms with Crippen LogP contribution in [0.15, 0.2) is 18.2 Å². The number of hydrogen-bond acceptors (Lipinski definition) is 3. The number of ether oxygens (including phenoxy) is 2. The van der Waals surface area contributed by atoms with Gasteiger partial charge in [-0.2, -0.15) is 0 Å². The molecule has 0 saturated carbocycles. The molecule has 102 valence electrons. The fourth-order valence-corrected chi connectivity index (χ4v) is 2.89. The molecule has 0 amide bonds.